The highest BCUT2D eigenvalue weighted by molar-refractivity contribution is 5.81. The van der Waals surface area contributed by atoms with E-state index in [1.807, 2.05) is 18.2 Å². The number of hydrogen-bond donors (Lipinski definition) is 1. The van der Waals surface area contributed by atoms with Crippen LogP contribution in [0, 0.1) is 5.92 Å². The van der Waals surface area contributed by atoms with Crippen LogP contribution in [0.3, 0.4) is 0 Å². The molecule has 23 heavy (non-hydrogen) atoms. The maximum atomic E-state index is 12.4. The molecule has 0 saturated carbocycles. The topological polar surface area (TPSA) is 76.1 Å². The number of rotatable bonds is 7. The number of hydrogen-bond acceptors (Lipinski definition) is 4. The summed E-state index contributed by atoms with van der Waals surface area (Å²) in [5, 5.41) is 9.58. The van der Waals surface area contributed by atoms with Crippen molar-refractivity contribution < 1.29 is 24.2 Å². The van der Waals surface area contributed by atoms with Crippen molar-refractivity contribution in [2.45, 2.75) is 25.3 Å². The minimum atomic E-state index is -0.873. The highest BCUT2D eigenvalue weighted by atomic mass is 16.5. The van der Waals surface area contributed by atoms with Crippen LogP contribution in [-0.2, 0) is 14.3 Å². The summed E-state index contributed by atoms with van der Waals surface area (Å²) in [6, 6.07) is 6.81. The molecule has 1 aromatic rings. The molecule has 0 spiro atoms. The lowest BCUT2D eigenvalue weighted by Crippen LogP contribution is -2.45. The Balaban J connectivity index is 2.34. The van der Waals surface area contributed by atoms with Gasteiger partial charge in [0.05, 0.1) is 19.1 Å². The molecule has 1 saturated heterocycles. The molecule has 1 N–H and O–H groups in total. The Hall–Kier alpha value is -2.08. The van der Waals surface area contributed by atoms with Crippen molar-refractivity contribution in [1.29, 1.82) is 0 Å². The van der Waals surface area contributed by atoms with E-state index in [4.69, 9.17) is 9.47 Å². The van der Waals surface area contributed by atoms with Crippen molar-refractivity contribution in [3.63, 3.8) is 0 Å². The molecular weight excluding hydrogens is 298 g/mol. The van der Waals surface area contributed by atoms with Crippen LogP contribution in [0.15, 0.2) is 24.3 Å². The summed E-state index contributed by atoms with van der Waals surface area (Å²) in [6.07, 6.45) is 1.30. The van der Waals surface area contributed by atoms with E-state index >= 15 is 0 Å². The largest absolute Gasteiger partial charge is 0.497 e. The minimum Gasteiger partial charge on any atom is -0.497 e. The first-order valence-electron chi connectivity index (χ1n) is 7.73. The van der Waals surface area contributed by atoms with Crippen molar-refractivity contribution in [3.05, 3.63) is 29.8 Å². The Bertz CT molecular complexity index is 560. The van der Waals surface area contributed by atoms with Crippen LogP contribution in [0.25, 0.3) is 0 Å². The zero-order valence-electron chi connectivity index (χ0n) is 13.5. The summed E-state index contributed by atoms with van der Waals surface area (Å²) < 4.78 is 10.3. The minimum absolute atomic E-state index is 0.00794. The number of carboxylic acid groups (broad SMARTS) is 1. The molecule has 6 heteroatoms. The molecule has 0 radical (unpaired) electrons. The Morgan fingerprint density at radius 2 is 2.17 bits per heavy atom. The zero-order chi connectivity index (χ0) is 16.8. The molecule has 2 rings (SSSR count). The number of piperidine rings is 1. The number of benzene rings is 1. The normalized spacial score (nSPS) is 21.3. The number of ether oxygens (including phenoxy) is 2. The average Bonchev–Trinajstić information content (AvgIpc) is 2.56. The van der Waals surface area contributed by atoms with E-state index in [0.717, 1.165) is 5.56 Å². The smallest absolute Gasteiger partial charge is 0.308 e. The first kappa shape index (κ1) is 17.3. The van der Waals surface area contributed by atoms with Gasteiger partial charge in [0, 0.05) is 26.7 Å². The van der Waals surface area contributed by atoms with Gasteiger partial charge >= 0.3 is 5.97 Å². The molecule has 126 valence electrons. The second-order valence-electron chi connectivity index (χ2n) is 5.64. The lowest BCUT2D eigenvalue weighted by molar-refractivity contribution is -0.152. The quantitative estimate of drug-likeness (QED) is 0.778. The first-order valence-corrected chi connectivity index (χ1v) is 7.73. The Morgan fingerprint density at radius 3 is 2.83 bits per heavy atom. The molecule has 0 aliphatic carbocycles. The Morgan fingerprint density at radius 1 is 1.39 bits per heavy atom. The molecule has 1 aliphatic heterocycles. The second-order valence-corrected chi connectivity index (χ2v) is 5.64. The third-order valence-electron chi connectivity index (χ3n) is 4.21. The van der Waals surface area contributed by atoms with Crippen molar-refractivity contribution >= 4 is 11.9 Å². The van der Waals surface area contributed by atoms with Crippen LogP contribution in [0.4, 0.5) is 0 Å². The third kappa shape index (κ3) is 4.01. The molecule has 2 atom stereocenters. The van der Waals surface area contributed by atoms with E-state index in [0.29, 0.717) is 31.7 Å². The number of nitrogens with zero attached hydrogens (tertiary/aromatic N) is 1. The number of likely N-dealkylation sites (tertiary alicyclic amines) is 1. The fraction of sp³-hybridized carbons (Fsp3) is 0.529. The molecule has 1 amide bonds. The van der Waals surface area contributed by atoms with Crippen LogP contribution in [0.5, 0.6) is 5.75 Å². The first-order chi connectivity index (χ1) is 11.1. The monoisotopic (exact) mass is 321 g/mol. The standard InChI is InChI=1S/C17H23NO5/c1-22-10-4-9-18-15(19)8-7-14(17(20)21)16(18)12-5-3-6-13(11-12)23-2/h3,5-6,11,14,16H,4,7-10H2,1-2H3,(H,20,21)/t14-,16+/m1/s1. The Kier molecular flexibility index (Phi) is 5.98. The molecule has 6 nitrogen and oxygen atoms in total. The van der Waals surface area contributed by atoms with Crippen molar-refractivity contribution in [1.82, 2.24) is 4.90 Å². The molecule has 0 aromatic heterocycles. The highest BCUT2D eigenvalue weighted by Gasteiger charge is 2.40. The van der Waals surface area contributed by atoms with Gasteiger partial charge in [-0.3, -0.25) is 9.59 Å². The number of carbonyl (C=O) groups is 2. The van der Waals surface area contributed by atoms with E-state index < -0.39 is 17.9 Å². The SMILES string of the molecule is COCCCN1C(=O)CC[C@@H](C(=O)O)[C@@H]1c1cccc(OC)c1. The maximum Gasteiger partial charge on any atom is 0.308 e. The van der Waals surface area contributed by atoms with E-state index in [9.17, 15) is 14.7 Å². The van der Waals surface area contributed by atoms with Crippen LogP contribution < -0.4 is 4.74 Å². The summed E-state index contributed by atoms with van der Waals surface area (Å²) in [6.45, 7) is 1.02. The van der Waals surface area contributed by atoms with Gasteiger partial charge in [-0.2, -0.15) is 0 Å². The third-order valence-corrected chi connectivity index (χ3v) is 4.21. The van der Waals surface area contributed by atoms with E-state index in [-0.39, 0.29) is 12.3 Å². The second kappa shape index (κ2) is 7.97. The lowest BCUT2D eigenvalue weighted by Gasteiger charge is -2.40. The molecule has 1 fully saturated rings. The predicted molar refractivity (Wildman–Crippen MR) is 84.3 cm³/mol. The molecular formula is C17H23NO5. The summed E-state index contributed by atoms with van der Waals surface area (Å²) in [4.78, 5) is 25.7. The van der Waals surface area contributed by atoms with Crippen LogP contribution in [0.2, 0.25) is 0 Å². The summed E-state index contributed by atoms with van der Waals surface area (Å²) in [5.74, 6) is -0.836. The van der Waals surface area contributed by atoms with Crippen LogP contribution >= 0.6 is 0 Å². The summed E-state index contributed by atoms with van der Waals surface area (Å²) in [5.41, 5.74) is 0.794. The average molecular weight is 321 g/mol. The number of carboxylic acids is 1. The van der Waals surface area contributed by atoms with Gasteiger partial charge in [-0.15, -0.1) is 0 Å². The van der Waals surface area contributed by atoms with Crippen molar-refractivity contribution in [2.24, 2.45) is 5.92 Å². The van der Waals surface area contributed by atoms with Gasteiger partial charge in [-0.05, 0) is 30.5 Å². The molecule has 0 unspecified atom stereocenters. The molecule has 1 aromatic carbocycles. The summed E-state index contributed by atoms with van der Waals surface area (Å²) >= 11 is 0. The van der Waals surface area contributed by atoms with Crippen molar-refractivity contribution in [3.8, 4) is 5.75 Å². The van der Waals surface area contributed by atoms with Gasteiger partial charge in [0.25, 0.3) is 0 Å². The molecule has 0 bridgehead atoms. The number of aliphatic carboxylic acids is 1. The number of methoxy groups -OCH3 is 2. The predicted octanol–water partition coefficient (Wildman–Crippen LogP) is 2.10. The summed E-state index contributed by atoms with van der Waals surface area (Å²) in [7, 11) is 3.17. The molecule has 1 aliphatic rings. The molecule has 1 heterocycles. The number of amides is 1. The van der Waals surface area contributed by atoms with Gasteiger partial charge in [0.15, 0.2) is 0 Å². The number of carbonyl (C=O) groups excluding carboxylic acids is 1. The zero-order valence-corrected chi connectivity index (χ0v) is 13.5. The lowest BCUT2D eigenvalue weighted by atomic mass is 9.84. The van der Waals surface area contributed by atoms with Gasteiger partial charge in [-0.25, -0.2) is 0 Å². The fourth-order valence-electron chi connectivity index (χ4n) is 3.09. The van der Waals surface area contributed by atoms with Gasteiger partial charge in [0.2, 0.25) is 5.91 Å². The fourth-order valence-corrected chi connectivity index (χ4v) is 3.09. The van der Waals surface area contributed by atoms with Crippen LogP contribution in [-0.4, -0.2) is 49.3 Å². The van der Waals surface area contributed by atoms with E-state index in [2.05, 4.69) is 0 Å². The van der Waals surface area contributed by atoms with Crippen molar-refractivity contribution in [2.75, 3.05) is 27.4 Å². The maximum absolute atomic E-state index is 12.4. The van der Waals surface area contributed by atoms with E-state index in [1.165, 1.54) is 0 Å². The van der Waals surface area contributed by atoms with Gasteiger partial charge in [-0.1, -0.05) is 12.1 Å². The van der Waals surface area contributed by atoms with Gasteiger partial charge in [0.1, 0.15) is 5.75 Å². The Labute approximate surface area is 136 Å². The van der Waals surface area contributed by atoms with Gasteiger partial charge < -0.3 is 19.5 Å². The van der Waals surface area contributed by atoms with E-state index in [1.54, 1.807) is 25.2 Å². The van der Waals surface area contributed by atoms with Crippen LogP contribution in [0.1, 0.15) is 30.9 Å². The highest BCUT2D eigenvalue weighted by Crippen LogP contribution is 2.38.